The molecular formula is C11H14O4. The number of hydrogen-bond acceptors (Lipinski definition) is 4. The van der Waals surface area contributed by atoms with Crippen LogP contribution in [0, 0.1) is 0 Å². The van der Waals surface area contributed by atoms with Gasteiger partial charge in [0.25, 0.3) is 0 Å². The average Bonchev–Trinajstić information content (AvgIpc) is 2.27. The molecule has 0 aromatic heterocycles. The molecular weight excluding hydrogens is 196 g/mol. The number of carbonyl (C=O) groups is 1. The molecule has 0 fully saturated rings. The van der Waals surface area contributed by atoms with Crippen LogP contribution in [0.3, 0.4) is 0 Å². The van der Waals surface area contributed by atoms with Gasteiger partial charge in [0.15, 0.2) is 5.78 Å². The minimum absolute atomic E-state index is 0.119. The van der Waals surface area contributed by atoms with Gasteiger partial charge in [-0.25, -0.2) is 0 Å². The zero-order valence-electron chi connectivity index (χ0n) is 8.60. The number of benzene rings is 1. The van der Waals surface area contributed by atoms with Crippen LogP contribution in [0.4, 0.5) is 0 Å². The number of ether oxygens (including phenoxy) is 2. The molecule has 4 nitrogen and oxygen atoms in total. The molecule has 1 rings (SSSR count). The van der Waals surface area contributed by atoms with Gasteiger partial charge in [-0.1, -0.05) is 6.07 Å². The zero-order chi connectivity index (χ0) is 11.1. The molecule has 0 amide bonds. The molecule has 0 saturated heterocycles. The predicted octanol–water partition coefficient (Wildman–Crippen LogP) is 1.03. The second kappa shape index (κ2) is 6.03. The average molecular weight is 210 g/mol. The Kier molecular flexibility index (Phi) is 4.63. The van der Waals surface area contributed by atoms with Crippen LogP contribution in [0.25, 0.3) is 0 Å². The third kappa shape index (κ3) is 3.99. The molecule has 1 aromatic carbocycles. The number of aliphatic hydroxyl groups excluding tert-OH is 1. The number of carbonyl (C=O) groups excluding carboxylic acids is 1. The van der Waals surface area contributed by atoms with Crippen LogP contribution < -0.4 is 9.47 Å². The van der Waals surface area contributed by atoms with E-state index in [1.54, 1.807) is 18.2 Å². The molecule has 0 saturated carbocycles. The van der Waals surface area contributed by atoms with Crippen molar-refractivity contribution in [3.63, 3.8) is 0 Å². The van der Waals surface area contributed by atoms with Crippen LogP contribution in [0.5, 0.6) is 11.5 Å². The summed E-state index contributed by atoms with van der Waals surface area (Å²) in [5, 5.41) is 8.50. The topological polar surface area (TPSA) is 55.8 Å². The summed E-state index contributed by atoms with van der Waals surface area (Å²) in [6.45, 7) is 1.86. The molecule has 0 unspecified atom stereocenters. The minimum atomic E-state index is -0.495. The highest BCUT2D eigenvalue weighted by atomic mass is 16.5. The van der Waals surface area contributed by atoms with Crippen molar-refractivity contribution in [3.05, 3.63) is 24.3 Å². The maximum Gasteiger partial charge on any atom is 0.195 e. The summed E-state index contributed by atoms with van der Waals surface area (Å²) in [6.07, 6.45) is 0. The first kappa shape index (κ1) is 11.5. The van der Waals surface area contributed by atoms with Gasteiger partial charge in [-0.2, -0.15) is 0 Å². The van der Waals surface area contributed by atoms with E-state index in [2.05, 4.69) is 0 Å². The van der Waals surface area contributed by atoms with Crippen molar-refractivity contribution >= 4 is 5.78 Å². The summed E-state index contributed by atoms with van der Waals surface area (Å²) >= 11 is 0. The quantitative estimate of drug-likeness (QED) is 0.761. The van der Waals surface area contributed by atoms with E-state index >= 15 is 0 Å². The van der Waals surface area contributed by atoms with E-state index in [4.69, 9.17) is 14.6 Å². The fourth-order valence-electron chi connectivity index (χ4n) is 1.03. The monoisotopic (exact) mass is 210 g/mol. The van der Waals surface area contributed by atoms with Crippen LogP contribution in [0.15, 0.2) is 24.3 Å². The van der Waals surface area contributed by atoms with E-state index in [1.165, 1.54) is 0 Å². The lowest BCUT2D eigenvalue weighted by atomic mass is 10.3. The highest BCUT2D eigenvalue weighted by molar-refractivity contribution is 5.80. The Hall–Kier alpha value is -1.55. The van der Waals surface area contributed by atoms with Gasteiger partial charge < -0.3 is 14.6 Å². The van der Waals surface area contributed by atoms with E-state index in [-0.39, 0.29) is 12.4 Å². The van der Waals surface area contributed by atoms with Crippen molar-refractivity contribution in [2.45, 2.75) is 6.92 Å². The van der Waals surface area contributed by atoms with E-state index in [9.17, 15) is 4.79 Å². The van der Waals surface area contributed by atoms with Gasteiger partial charge in [0.2, 0.25) is 0 Å². The number of hydrogen-bond donors (Lipinski definition) is 1. The van der Waals surface area contributed by atoms with Crippen LogP contribution in [-0.4, -0.2) is 30.7 Å². The second-order valence-corrected chi connectivity index (χ2v) is 2.89. The molecule has 0 aliphatic rings. The van der Waals surface area contributed by atoms with Gasteiger partial charge in [0.1, 0.15) is 24.7 Å². The van der Waals surface area contributed by atoms with E-state index in [0.717, 1.165) is 0 Å². The van der Waals surface area contributed by atoms with Crippen LogP contribution in [0.2, 0.25) is 0 Å². The summed E-state index contributed by atoms with van der Waals surface area (Å²) in [4.78, 5) is 10.8. The largest absolute Gasteiger partial charge is 0.494 e. The second-order valence-electron chi connectivity index (χ2n) is 2.89. The molecule has 0 radical (unpaired) electrons. The highest BCUT2D eigenvalue weighted by Crippen LogP contribution is 2.19. The molecule has 0 bridgehead atoms. The lowest BCUT2D eigenvalue weighted by Crippen LogP contribution is -2.14. The Morgan fingerprint density at radius 3 is 2.60 bits per heavy atom. The van der Waals surface area contributed by atoms with Crippen molar-refractivity contribution in [1.82, 2.24) is 0 Å². The lowest BCUT2D eigenvalue weighted by Gasteiger charge is -2.07. The summed E-state index contributed by atoms with van der Waals surface area (Å²) in [6, 6.07) is 7.02. The molecule has 0 aliphatic carbocycles. The number of Topliss-reactive ketones (excluding diaryl/α,β-unsaturated/α-hetero) is 1. The minimum Gasteiger partial charge on any atom is -0.494 e. The van der Waals surface area contributed by atoms with Crippen molar-refractivity contribution in [3.8, 4) is 11.5 Å². The van der Waals surface area contributed by atoms with Crippen LogP contribution in [-0.2, 0) is 4.79 Å². The van der Waals surface area contributed by atoms with Crippen molar-refractivity contribution in [1.29, 1.82) is 0 Å². The number of rotatable bonds is 6. The number of aliphatic hydroxyl groups is 1. The normalized spacial score (nSPS) is 9.73. The Bertz CT molecular complexity index is 322. The summed E-state index contributed by atoms with van der Waals surface area (Å²) in [5.74, 6) is 0.908. The lowest BCUT2D eigenvalue weighted by molar-refractivity contribution is -0.123. The van der Waals surface area contributed by atoms with Gasteiger partial charge in [-0.3, -0.25) is 4.79 Å². The van der Waals surface area contributed by atoms with Gasteiger partial charge in [-0.15, -0.1) is 0 Å². The summed E-state index contributed by atoms with van der Waals surface area (Å²) in [7, 11) is 0. The smallest absolute Gasteiger partial charge is 0.195 e. The van der Waals surface area contributed by atoms with Crippen LogP contribution >= 0.6 is 0 Å². The Balaban J connectivity index is 2.53. The molecule has 0 spiro atoms. The fourth-order valence-corrected chi connectivity index (χ4v) is 1.03. The third-order valence-electron chi connectivity index (χ3n) is 1.69. The van der Waals surface area contributed by atoms with E-state index < -0.39 is 6.61 Å². The van der Waals surface area contributed by atoms with Gasteiger partial charge in [-0.05, 0) is 19.1 Å². The molecule has 1 N–H and O–H groups in total. The fraction of sp³-hybridized carbons (Fsp3) is 0.364. The molecule has 0 atom stereocenters. The SMILES string of the molecule is CCOc1cccc(OCC(=O)CO)c1. The Morgan fingerprint density at radius 1 is 1.33 bits per heavy atom. The molecule has 1 aromatic rings. The van der Waals surface area contributed by atoms with Crippen molar-refractivity contribution in [2.75, 3.05) is 19.8 Å². The Labute approximate surface area is 88.4 Å². The van der Waals surface area contributed by atoms with Crippen molar-refractivity contribution < 1.29 is 19.4 Å². The molecule has 82 valence electrons. The zero-order valence-corrected chi connectivity index (χ0v) is 8.60. The van der Waals surface area contributed by atoms with Gasteiger partial charge >= 0.3 is 0 Å². The van der Waals surface area contributed by atoms with Crippen molar-refractivity contribution in [2.24, 2.45) is 0 Å². The maximum absolute atomic E-state index is 10.8. The first-order valence-electron chi connectivity index (χ1n) is 4.74. The summed E-state index contributed by atoms with van der Waals surface area (Å²) < 4.78 is 10.4. The predicted molar refractivity (Wildman–Crippen MR) is 55.2 cm³/mol. The molecule has 0 aliphatic heterocycles. The molecule has 15 heavy (non-hydrogen) atoms. The number of ketones is 1. The molecule has 4 heteroatoms. The first-order chi connectivity index (χ1) is 7.26. The third-order valence-corrected chi connectivity index (χ3v) is 1.69. The standard InChI is InChI=1S/C11H14O4/c1-2-14-10-4-3-5-11(6-10)15-8-9(13)7-12/h3-6,12H,2,7-8H2,1H3. The first-order valence-corrected chi connectivity index (χ1v) is 4.74. The molecule has 0 heterocycles. The van der Waals surface area contributed by atoms with Crippen LogP contribution in [0.1, 0.15) is 6.92 Å². The Morgan fingerprint density at radius 2 is 2.00 bits per heavy atom. The summed E-state index contributed by atoms with van der Waals surface area (Å²) in [5.41, 5.74) is 0. The van der Waals surface area contributed by atoms with Gasteiger partial charge in [0.05, 0.1) is 6.61 Å². The highest BCUT2D eigenvalue weighted by Gasteiger charge is 2.01. The maximum atomic E-state index is 10.8. The van der Waals surface area contributed by atoms with E-state index in [1.807, 2.05) is 13.0 Å². The van der Waals surface area contributed by atoms with E-state index in [0.29, 0.717) is 18.1 Å². The van der Waals surface area contributed by atoms with Gasteiger partial charge in [0, 0.05) is 6.07 Å².